The number of rotatable bonds is 7. The summed E-state index contributed by atoms with van der Waals surface area (Å²) in [5.74, 6) is -2.50. The van der Waals surface area contributed by atoms with Crippen LogP contribution in [0.15, 0.2) is 71.8 Å². The molecule has 0 amide bonds. The van der Waals surface area contributed by atoms with Gasteiger partial charge in [0.25, 0.3) is 10.0 Å². The van der Waals surface area contributed by atoms with Crippen molar-refractivity contribution < 1.29 is 26.3 Å². The number of anilines is 3. The number of hydrogen-bond donors (Lipinski definition) is 3. The molecule has 0 saturated carbocycles. The normalized spacial score (nSPS) is 11.2. The topological polar surface area (TPSA) is 159 Å². The Hall–Kier alpha value is -4.82. The lowest BCUT2D eigenvalue weighted by Crippen LogP contribution is -2.16. The lowest BCUT2D eigenvalue weighted by molar-refractivity contribution is 0.162. The maximum Gasteiger partial charge on any atom is 0.265 e. The molecule has 0 atom stereocenters. The first-order valence-corrected chi connectivity index (χ1v) is 14.0. The van der Waals surface area contributed by atoms with Crippen molar-refractivity contribution in [2.75, 3.05) is 29.4 Å². The summed E-state index contributed by atoms with van der Waals surface area (Å²) in [6.07, 6.45) is 1.50. The molecular formula is C28H26F3N7O3S. The minimum absolute atomic E-state index is 0.0255. The first kappa shape index (κ1) is 30.1. The molecule has 0 spiro atoms. The molecule has 3 heterocycles. The van der Waals surface area contributed by atoms with Crippen LogP contribution in [0, 0.1) is 17.5 Å². The average Bonchev–Trinajstić information content (AvgIpc) is 2.96. The van der Waals surface area contributed by atoms with Crippen molar-refractivity contribution in [1.29, 1.82) is 0 Å². The number of nitrogen functional groups attached to an aromatic ring is 2. The Morgan fingerprint density at radius 3 is 2.33 bits per heavy atom. The van der Waals surface area contributed by atoms with Gasteiger partial charge in [0, 0.05) is 30.5 Å². The van der Waals surface area contributed by atoms with Crippen LogP contribution < -0.4 is 16.2 Å². The summed E-state index contributed by atoms with van der Waals surface area (Å²) < 4.78 is 75.0. The molecule has 42 heavy (non-hydrogen) atoms. The molecule has 3 aromatic heterocycles. The van der Waals surface area contributed by atoms with Crippen molar-refractivity contribution in [1.82, 2.24) is 19.9 Å². The van der Waals surface area contributed by atoms with Gasteiger partial charge >= 0.3 is 0 Å². The summed E-state index contributed by atoms with van der Waals surface area (Å²) >= 11 is 0. The van der Waals surface area contributed by atoms with Gasteiger partial charge in [0.1, 0.15) is 27.9 Å². The molecule has 10 nitrogen and oxygen atoms in total. The van der Waals surface area contributed by atoms with Gasteiger partial charge in [0.2, 0.25) is 0 Å². The molecule has 14 heteroatoms. The fraction of sp³-hybridized carbons (Fsp3) is 0.143. The number of aromatic nitrogens is 4. The Kier molecular flexibility index (Phi) is 9.18. The van der Waals surface area contributed by atoms with Crippen LogP contribution in [-0.2, 0) is 14.8 Å². The molecule has 5 rings (SSSR count). The summed E-state index contributed by atoms with van der Waals surface area (Å²) in [5, 5.41) is 0. The van der Waals surface area contributed by atoms with E-state index in [4.69, 9.17) is 16.2 Å². The van der Waals surface area contributed by atoms with Crippen molar-refractivity contribution in [3.05, 3.63) is 84.3 Å². The summed E-state index contributed by atoms with van der Waals surface area (Å²) in [5.41, 5.74) is 12.4. The molecule has 0 aliphatic rings. The second kappa shape index (κ2) is 12.8. The van der Waals surface area contributed by atoms with E-state index in [9.17, 15) is 17.2 Å². The third-order valence-electron chi connectivity index (χ3n) is 5.72. The standard InChI is InChI=1S/C24H16F3N7O2S.C4H10O/c25-13-5-6-15(26)19(10-13)37(35,36)34-17-3-1-2-14(21(17)27)16-7-8-18-22(31-16)23(29)33-24(32-18)12-4-9-20(28)30-11-12;1-3-5-4-2/h1-11,34H,(H2,28,30)(H2,29,32,33);3-4H2,1-2H3. The zero-order valence-electron chi connectivity index (χ0n) is 22.5. The highest BCUT2D eigenvalue weighted by Crippen LogP contribution is 2.31. The first-order valence-electron chi connectivity index (χ1n) is 12.5. The third-order valence-corrected chi connectivity index (χ3v) is 7.10. The number of benzene rings is 2. The highest BCUT2D eigenvalue weighted by molar-refractivity contribution is 7.92. The lowest BCUT2D eigenvalue weighted by Gasteiger charge is -2.12. The van der Waals surface area contributed by atoms with Gasteiger partial charge in [-0.2, -0.15) is 0 Å². The van der Waals surface area contributed by atoms with Gasteiger partial charge in [-0.1, -0.05) is 6.07 Å². The van der Waals surface area contributed by atoms with Crippen molar-refractivity contribution in [2.45, 2.75) is 18.7 Å². The quantitative estimate of drug-likeness (QED) is 0.230. The summed E-state index contributed by atoms with van der Waals surface area (Å²) in [6.45, 7) is 5.67. The second-order valence-electron chi connectivity index (χ2n) is 8.60. The first-order chi connectivity index (χ1) is 20.0. The van der Waals surface area contributed by atoms with E-state index >= 15 is 4.39 Å². The summed E-state index contributed by atoms with van der Waals surface area (Å²) in [4.78, 5) is 16.1. The lowest BCUT2D eigenvalue weighted by atomic mass is 10.1. The second-order valence-corrected chi connectivity index (χ2v) is 10.2. The zero-order chi connectivity index (χ0) is 30.4. The highest BCUT2D eigenvalue weighted by atomic mass is 32.2. The van der Waals surface area contributed by atoms with E-state index in [-0.39, 0.29) is 22.6 Å². The molecule has 2 aromatic carbocycles. The van der Waals surface area contributed by atoms with E-state index in [1.807, 2.05) is 18.6 Å². The van der Waals surface area contributed by atoms with Gasteiger partial charge in [-0.15, -0.1) is 0 Å². The number of nitrogens with one attached hydrogen (secondary N) is 1. The van der Waals surface area contributed by atoms with Gasteiger partial charge in [-0.3, -0.25) is 4.72 Å². The molecule has 0 bridgehead atoms. The molecule has 0 aliphatic heterocycles. The van der Waals surface area contributed by atoms with Crippen molar-refractivity contribution in [2.24, 2.45) is 0 Å². The highest BCUT2D eigenvalue weighted by Gasteiger charge is 2.23. The van der Waals surface area contributed by atoms with E-state index in [0.29, 0.717) is 34.9 Å². The average molecular weight is 598 g/mol. The Balaban J connectivity index is 0.000000748. The third kappa shape index (κ3) is 6.72. The molecule has 0 aliphatic carbocycles. The zero-order valence-corrected chi connectivity index (χ0v) is 23.3. The van der Waals surface area contributed by atoms with Crippen LogP contribution >= 0.6 is 0 Å². The van der Waals surface area contributed by atoms with Crippen molar-refractivity contribution in [3.8, 4) is 22.6 Å². The number of hydrogen-bond acceptors (Lipinski definition) is 9. The Morgan fingerprint density at radius 1 is 0.905 bits per heavy atom. The van der Waals surface area contributed by atoms with Gasteiger partial charge in [-0.25, -0.2) is 41.5 Å². The number of nitrogens with zero attached hydrogens (tertiary/aromatic N) is 4. The van der Waals surface area contributed by atoms with E-state index in [1.54, 1.807) is 18.2 Å². The monoisotopic (exact) mass is 597 g/mol. The van der Waals surface area contributed by atoms with Crippen LogP contribution in [0.4, 0.5) is 30.5 Å². The van der Waals surface area contributed by atoms with E-state index in [1.165, 1.54) is 24.4 Å². The molecule has 0 radical (unpaired) electrons. The molecule has 5 N–H and O–H groups in total. The molecule has 5 aromatic rings. The summed E-state index contributed by atoms with van der Waals surface area (Å²) in [6, 6.07) is 12.1. The minimum Gasteiger partial charge on any atom is -0.384 e. The van der Waals surface area contributed by atoms with Crippen LogP contribution in [-0.4, -0.2) is 41.6 Å². The number of ether oxygens (including phenoxy) is 1. The molecule has 0 saturated heterocycles. The van der Waals surface area contributed by atoms with E-state index in [0.717, 1.165) is 25.3 Å². The fourth-order valence-electron chi connectivity index (χ4n) is 3.75. The smallest absolute Gasteiger partial charge is 0.265 e. The van der Waals surface area contributed by atoms with Crippen molar-refractivity contribution in [3.63, 3.8) is 0 Å². The SMILES string of the molecule is CCOCC.Nc1ccc(-c2nc(N)c3nc(-c4cccc(NS(=O)(=O)c5cc(F)ccc5F)c4F)ccc3n2)cn1. The fourth-order valence-corrected chi connectivity index (χ4v) is 4.90. The van der Waals surface area contributed by atoms with Gasteiger partial charge in [0.15, 0.2) is 17.5 Å². The van der Waals surface area contributed by atoms with Crippen LogP contribution in [0.1, 0.15) is 13.8 Å². The van der Waals surface area contributed by atoms with Crippen molar-refractivity contribution >= 4 is 38.4 Å². The molecular weight excluding hydrogens is 571 g/mol. The van der Waals surface area contributed by atoms with Crippen LogP contribution in [0.25, 0.3) is 33.7 Å². The molecule has 218 valence electrons. The van der Waals surface area contributed by atoms with E-state index < -0.39 is 38.1 Å². The van der Waals surface area contributed by atoms with Crippen LogP contribution in [0.3, 0.4) is 0 Å². The number of halogens is 3. The number of fused-ring (bicyclic) bond motifs is 1. The molecule has 0 fully saturated rings. The summed E-state index contributed by atoms with van der Waals surface area (Å²) in [7, 11) is -4.64. The molecule has 0 unspecified atom stereocenters. The maximum absolute atomic E-state index is 15.4. The van der Waals surface area contributed by atoms with Crippen LogP contribution in [0.5, 0.6) is 0 Å². The van der Waals surface area contributed by atoms with Gasteiger partial charge < -0.3 is 16.2 Å². The van der Waals surface area contributed by atoms with Crippen LogP contribution in [0.2, 0.25) is 0 Å². The number of pyridine rings is 2. The van der Waals surface area contributed by atoms with Gasteiger partial charge in [0.05, 0.1) is 16.9 Å². The predicted molar refractivity (Wildman–Crippen MR) is 154 cm³/mol. The van der Waals surface area contributed by atoms with Gasteiger partial charge in [-0.05, 0) is 68.4 Å². The Labute approximate surface area is 239 Å². The Morgan fingerprint density at radius 2 is 1.67 bits per heavy atom. The van der Waals surface area contributed by atoms with E-state index in [2.05, 4.69) is 19.9 Å². The Bertz CT molecular complexity index is 1840. The predicted octanol–water partition coefficient (Wildman–Crippen LogP) is 5.18. The number of nitrogens with two attached hydrogens (primary N) is 2. The maximum atomic E-state index is 15.4. The number of sulfonamides is 1. The minimum atomic E-state index is -4.64. The largest absolute Gasteiger partial charge is 0.384 e.